The van der Waals surface area contributed by atoms with Crippen LogP contribution in [0.1, 0.15) is 28.9 Å². The van der Waals surface area contributed by atoms with Crippen LogP contribution < -0.4 is 10.2 Å². The molecule has 196 valence electrons. The lowest BCUT2D eigenvalue weighted by Gasteiger charge is -2.39. The van der Waals surface area contributed by atoms with Crippen molar-refractivity contribution in [1.82, 2.24) is 25.1 Å². The SMILES string of the molecule is O=C(Nc1ccc(N2CC(F)(F)C2)nc1)c1n[nH]c2ccc(-c3cncc(CN4CCC(O)CC4)c3)cc12. The molecule has 38 heavy (non-hydrogen) atoms. The standard InChI is InChI=1S/C27H27F2N7O2/c28-27(29)15-36(16-27)24-4-2-20(13-31-24)32-26(38)25-22-10-18(1-3-23(22)33-34-25)19-9-17(11-30-12-19)14-35-7-5-21(37)6-8-35/h1-4,9-13,21,37H,5-8,14-16H2,(H,32,38)(H,33,34). The van der Waals surface area contributed by atoms with E-state index in [1.807, 2.05) is 24.4 Å². The second kappa shape index (κ2) is 9.73. The van der Waals surface area contributed by atoms with Crippen molar-refractivity contribution in [2.24, 2.45) is 0 Å². The maximum absolute atomic E-state index is 13.1. The number of carbonyl (C=O) groups is 1. The predicted octanol–water partition coefficient (Wildman–Crippen LogP) is 3.68. The topological polar surface area (TPSA) is 110 Å². The van der Waals surface area contributed by atoms with Gasteiger partial charge in [-0.15, -0.1) is 0 Å². The van der Waals surface area contributed by atoms with Crippen LogP contribution in [-0.2, 0) is 6.54 Å². The van der Waals surface area contributed by atoms with E-state index in [1.165, 1.54) is 11.1 Å². The van der Waals surface area contributed by atoms with E-state index in [0.717, 1.165) is 54.7 Å². The third-order valence-corrected chi connectivity index (χ3v) is 7.04. The minimum absolute atomic E-state index is 0.208. The summed E-state index contributed by atoms with van der Waals surface area (Å²) in [5.41, 5.74) is 4.34. The largest absolute Gasteiger partial charge is 0.393 e. The number of amides is 1. The van der Waals surface area contributed by atoms with Gasteiger partial charge in [0.05, 0.1) is 36.6 Å². The van der Waals surface area contributed by atoms with E-state index in [4.69, 9.17) is 0 Å². The average molecular weight is 520 g/mol. The number of alkyl halides is 2. The molecule has 0 spiro atoms. The molecule has 11 heteroatoms. The molecule has 0 atom stereocenters. The molecule has 1 aromatic carbocycles. The highest BCUT2D eigenvalue weighted by molar-refractivity contribution is 6.11. The van der Waals surface area contributed by atoms with Crippen molar-refractivity contribution in [3.05, 3.63) is 66.2 Å². The maximum Gasteiger partial charge on any atom is 0.282 e. The van der Waals surface area contributed by atoms with Gasteiger partial charge in [-0.1, -0.05) is 6.07 Å². The molecule has 5 heterocycles. The zero-order valence-electron chi connectivity index (χ0n) is 20.6. The van der Waals surface area contributed by atoms with Crippen LogP contribution in [-0.4, -0.2) is 74.3 Å². The van der Waals surface area contributed by atoms with Crippen molar-refractivity contribution in [1.29, 1.82) is 0 Å². The molecule has 1 amide bonds. The lowest BCUT2D eigenvalue weighted by Crippen LogP contribution is -2.56. The van der Waals surface area contributed by atoms with Crippen molar-refractivity contribution in [3.63, 3.8) is 0 Å². The highest BCUT2D eigenvalue weighted by Crippen LogP contribution is 2.31. The molecule has 0 aliphatic carbocycles. The highest BCUT2D eigenvalue weighted by Gasteiger charge is 2.44. The summed E-state index contributed by atoms with van der Waals surface area (Å²) in [6.07, 6.45) is 6.46. The summed E-state index contributed by atoms with van der Waals surface area (Å²) >= 11 is 0. The lowest BCUT2D eigenvalue weighted by molar-refractivity contribution is -0.0267. The number of nitrogens with zero attached hydrogens (tertiary/aromatic N) is 5. The number of likely N-dealkylation sites (tertiary alicyclic amines) is 1. The molecule has 0 saturated carbocycles. The number of aliphatic hydroxyl groups excluding tert-OH is 1. The molecular weight excluding hydrogens is 492 g/mol. The van der Waals surface area contributed by atoms with E-state index in [0.29, 0.717) is 16.9 Å². The van der Waals surface area contributed by atoms with Crippen LogP contribution in [0.25, 0.3) is 22.0 Å². The Balaban J connectivity index is 1.17. The van der Waals surface area contributed by atoms with Gasteiger partial charge >= 0.3 is 0 Å². The van der Waals surface area contributed by atoms with Crippen LogP contribution in [0.5, 0.6) is 0 Å². The van der Waals surface area contributed by atoms with E-state index >= 15 is 0 Å². The molecule has 3 N–H and O–H groups in total. The Labute approximate surface area is 217 Å². The predicted molar refractivity (Wildman–Crippen MR) is 139 cm³/mol. The molecule has 3 aromatic heterocycles. The van der Waals surface area contributed by atoms with Crippen LogP contribution in [0.3, 0.4) is 0 Å². The molecule has 4 aromatic rings. The number of aromatic amines is 1. The number of carbonyl (C=O) groups excluding carboxylic acids is 1. The van der Waals surface area contributed by atoms with E-state index in [1.54, 1.807) is 18.3 Å². The number of hydrogen-bond donors (Lipinski definition) is 3. The number of pyridine rings is 2. The molecule has 0 bridgehead atoms. The zero-order valence-corrected chi connectivity index (χ0v) is 20.6. The number of rotatable bonds is 6. The third-order valence-electron chi connectivity index (χ3n) is 7.04. The number of anilines is 2. The first-order valence-corrected chi connectivity index (χ1v) is 12.6. The number of halogens is 2. The van der Waals surface area contributed by atoms with E-state index in [-0.39, 0.29) is 24.9 Å². The van der Waals surface area contributed by atoms with Gasteiger partial charge < -0.3 is 15.3 Å². The average Bonchev–Trinajstić information content (AvgIpc) is 3.33. The fourth-order valence-corrected chi connectivity index (χ4v) is 4.95. The molecule has 2 fully saturated rings. The van der Waals surface area contributed by atoms with Crippen molar-refractivity contribution in [2.45, 2.75) is 31.4 Å². The number of aliphatic hydroxyl groups is 1. The Morgan fingerprint density at radius 1 is 1.08 bits per heavy atom. The van der Waals surface area contributed by atoms with Gasteiger partial charge in [0, 0.05) is 43.0 Å². The number of nitrogens with one attached hydrogen (secondary N) is 2. The zero-order chi connectivity index (χ0) is 26.3. The van der Waals surface area contributed by atoms with E-state index < -0.39 is 11.8 Å². The summed E-state index contributed by atoms with van der Waals surface area (Å²) in [5, 5.41) is 20.3. The molecule has 9 nitrogen and oxygen atoms in total. The van der Waals surface area contributed by atoms with Gasteiger partial charge in [-0.2, -0.15) is 5.10 Å². The van der Waals surface area contributed by atoms with Crippen LogP contribution >= 0.6 is 0 Å². The Kier molecular flexibility index (Phi) is 6.24. The molecule has 6 rings (SSSR count). The molecule has 2 saturated heterocycles. The molecule has 0 unspecified atom stereocenters. The Morgan fingerprint density at radius 2 is 1.89 bits per heavy atom. The molecule has 2 aliphatic heterocycles. The molecule has 2 aliphatic rings. The van der Waals surface area contributed by atoms with E-state index in [9.17, 15) is 18.7 Å². The van der Waals surface area contributed by atoms with Crippen LogP contribution in [0.4, 0.5) is 20.3 Å². The smallest absolute Gasteiger partial charge is 0.282 e. The number of benzene rings is 1. The first-order valence-electron chi connectivity index (χ1n) is 12.6. The summed E-state index contributed by atoms with van der Waals surface area (Å²) in [4.78, 5) is 25.5. The number of aromatic nitrogens is 4. The summed E-state index contributed by atoms with van der Waals surface area (Å²) in [6.45, 7) is 1.78. The fraction of sp³-hybridized carbons (Fsp3) is 0.333. The summed E-state index contributed by atoms with van der Waals surface area (Å²) < 4.78 is 26.2. The third kappa shape index (κ3) is 5.07. The van der Waals surface area contributed by atoms with Gasteiger partial charge in [0.1, 0.15) is 5.82 Å². The highest BCUT2D eigenvalue weighted by atomic mass is 19.3. The van der Waals surface area contributed by atoms with E-state index in [2.05, 4.69) is 36.4 Å². The number of fused-ring (bicyclic) bond motifs is 1. The second-order valence-corrected chi connectivity index (χ2v) is 9.99. The Morgan fingerprint density at radius 3 is 2.63 bits per heavy atom. The van der Waals surface area contributed by atoms with Crippen molar-refractivity contribution < 1.29 is 18.7 Å². The van der Waals surface area contributed by atoms with Crippen molar-refractivity contribution in [2.75, 3.05) is 36.4 Å². The second-order valence-electron chi connectivity index (χ2n) is 9.99. The minimum Gasteiger partial charge on any atom is -0.393 e. The molecule has 0 radical (unpaired) electrons. The number of hydrogen-bond acceptors (Lipinski definition) is 7. The van der Waals surface area contributed by atoms with Gasteiger partial charge in [0.25, 0.3) is 11.8 Å². The minimum atomic E-state index is -2.68. The number of H-pyrrole nitrogens is 1. The Hall–Kier alpha value is -3.96. The van der Waals surface area contributed by atoms with Gasteiger partial charge in [0.2, 0.25) is 0 Å². The van der Waals surface area contributed by atoms with Gasteiger partial charge in [0.15, 0.2) is 5.69 Å². The number of piperidine rings is 1. The van der Waals surface area contributed by atoms with Crippen LogP contribution in [0.2, 0.25) is 0 Å². The quantitative estimate of drug-likeness (QED) is 0.356. The van der Waals surface area contributed by atoms with Crippen LogP contribution in [0, 0.1) is 0 Å². The van der Waals surface area contributed by atoms with Crippen LogP contribution in [0.15, 0.2) is 55.0 Å². The molecular formula is C27H27F2N7O2. The summed E-state index contributed by atoms with van der Waals surface area (Å²) in [5.74, 6) is -2.64. The van der Waals surface area contributed by atoms with Gasteiger partial charge in [-0.25, -0.2) is 13.8 Å². The lowest BCUT2D eigenvalue weighted by atomic mass is 10.0. The van der Waals surface area contributed by atoms with Gasteiger partial charge in [-0.3, -0.25) is 19.8 Å². The first kappa shape index (κ1) is 24.4. The first-order chi connectivity index (χ1) is 18.3. The Bertz CT molecular complexity index is 1460. The summed E-state index contributed by atoms with van der Waals surface area (Å²) in [7, 11) is 0. The van der Waals surface area contributed by atoms with Gasteiger partial charge in [-0.05, 0) is 54.3 Å². The fourth-order valence-electron chi connectivity index (χ4n) is 4.95. The van der Waals surface area contributed by atoms with Crippen molar-refractivity contribution >= 4 is 28.3 Å². The normalized spacial score (nSPS) is 17.9. The monoisotopic (exact) mass is 519 g/mol. The maximum atomic E-state index is 13.1. The summed E-state index contributed by atoms with van der Waals surface area (Å²) in [6, 6.07) is 11.1. The van der Waals surface area contributed by atoms with Crippen molar-refractivity contribution in [3.8, 4) is 11.1 Å².